The number of aliphatic hydroxyl groups excluding tert-OH is 1. The average Bonchev–Trinajstić information content (AvgIpc) is 3.09. The molecule has 0 saturated heterocycles. The van der Waals surface area contributed by atoms with E-state index in [-0.39, 0.29) is 30.2 Å². The molecule has 0 radical (unpaired) electrons. The molecular formula is C17H22ClNO3. The molecule has 120 valence electrons. The SMILES string of the molecule is O=C(CCc1ccc(O)c(Cl)c1)N[C@H]1[C@H]2CC[C@@H](C2)[C@H]1CO. The molecule has 2 saturated carbocycles. The summed E-state index contributed by atoms with van der Waals surface area (Å²) in [5, 5.41) is 22.4. The third kappa shape index (κ3) is 3.08. The summed E-state index contributed by atoms with van der Waals surface area (Å²) in [6, 6.07) is 5.16. The van der Waals surface area contributed by atoms with E-state index in [0.29, 0.717) is 29.7 Å². The summed E-state index contributed by atoms with van der Waals surface area (Å²) in [6.07, 6.45) is 4.49. The third-order valence-electron chi connectivity index (χ3n) is 5.28. The zero-order valence-corrected chi connectivity index (χ0v) is 13.2. The van der Waals surface area contributed by atoms with E-state index >= 15 is 0 Å². The lowest BCUT2D eigenvalue weighted by Gasteiger charge is -2.30. The topological polar surface area (TPSA) is 69.6 Å². The van der Waals surface area contributed by atoms with Crippen molar-refractivity contribution in [3.63, 3.8) is 0 Å². The molecule has 3 N–H and O–H groups in total. The second kappa shape index (κ2) is 6.47. The summed E-state index contributed by atoms with van der Waals surface area (Å²) in [4.78, 5) is 12.2. The molecular weight excluding hydrogens is 302 g/mol. The third-order valence-corrected chi connectivity index (χ3v) is 5.58. The number of phenols is 1. The summed E-state index contributed by atoms with van der Waals surface area (Å²) in [7, 11) is 0. The Labute approximate surface area is 135 Å². The highest BCUT2D eigenvalue weighted by Crippen LogP contribution is 2.48. The minimum atomic E-state index is 0.0280. The number of carbonyl (C=O) groups excluding carboxylic acids is 1. The summed E-state index contributed by atoms with van der Waals surface area (Å²) >= 11 is 5.87. The minimum absolute atomic E-state index is 0.0280. The van der Waals surface area contributed by atoms with Crippen LogP contribution in [-0.2, 0) is 11.2 Å². The van der Waals surface area contributed by atoms with Gasteiger partial charge in [0.1, 0.15) is 5.75 Å². The van der Waals surface area contributed by atoms with Crippen molar-refractivity contribution >= 4 is 17.5 Å². The Morgan fingerprint density at radius 1 is 1.32 bits per heavy atom. The number of fused-ring (bicyclic) bond motifs is 2. The Hall–Kier alpha value is -1.26. The van der Waals surface area contributed by atoms with Crippen LogP contribution in [0.3, 0.4) is 0 Å². The van der Waals surface area contributed by atoms with Crippen molar-refractivity contribution in [3.05, 3.63) is 28.8 Å². The van der Waals surface area contributed by atoms with Crippen LogP contribution in [-0.4, -0.2) is 28.8 Å². The van der Waals surface area contributed by atoms with Gasteiger partial charge in [0.25, 0.3) is 0 Å². The number of halogens is 1. The summed E-state index contributed by atoms with van der Waals surface area (Å²) in [6.45, 7) is 0.166. The smallest absolute Gasteiger partial charge is 0.220 e. The first-order chi connectivity index (χ1) is 10.6. The van der Waals surface area contributed by atoms with Crippen LogP contribution in [0.1, 0.15) is 31.2 Å². The van der Waals surface area contributed by atoms with Crippen LogP contribution in [0, 0.1) is 17.8 Å². The molecule has 0 heterocycles. The number of amides is 1. The lowest BCUT2D eigenvalue weighted by molar-refractivity contribution is -0.122. The summed E-state index contributed by atoms with van der Waals surface area (Å²) in [5.41, 5.74) is 0.935. The van der Waals surface area contributed by atoms with Crippen molar-refractivity contribution in [2.24, 2.45) is 17.8 Å². The highest BCUT2D eigenvalue weighted by Gasteiger charge is 2.47. The average molecular weight is 324 g/mol. The fraction of sp³-hybridized carbons (Fsp3) is 0.588. The second-order valence-corrected chi connectivity index (χ2v) is 6.97. The van der Waals surface area contributed by atoms with Crippen LogP contribution >= 0.6 is 11.6 Å². The van der Waals surface area contributed by atoms with E-state index in [1.165, 1.54) is 12.8 Å². The molecule has 2 aliphatic rings. The molecule has 5 heteroatoms. The van der Waals surface area contributed by atoms with Gasteiger partial charge in [0.2, 0.25) is 5.91 Å². The van der Waals surface area contributed by atoms with Gasteiger partial charge >= 0.3 is 0 Å². The van der Waals surface area contributed by atoms with Gasteiger partial charge in [0, 0.05) is 25.0 Å². The van der Waals surface area contributed by atoms with E-state index < -0.39 is 0 Å². The normalized spacial score (nSPS) is 29.7. The molecule has 0 aliphatic heterocycles. The van der Waals surface area contributed by atoms with Crippen LogP contribution < -0.4 is 5.32 Å². The predicted molar refractivity (Wildman–Crippen MR) is 84.8 cm³/mol. The van der Waals surface area contributed by atoms with Gasteiger partial charge in [-0.25, -0.2) is 0 Å². The number of benzene rings is 1. The largest absolute Gasteiger partial charge is 0.506 e. The number of aliphatic hydroxyl groups is 1. The number of nitrogens with one attached hydrogen (secondary N) is 1. The number of carbonyl (C=O) groups is 1. The maximum atomic E-state index is 12.2. The number of aromatic hydroxyl groups is 1. The number of rotatable bonds is 5. The molecule has 2 bridgehead atoms. The van der Waals surface area contributed by atoms with Gasteiger partial charge < -0.3 is 15.5 Å². The van der Waals surface area contributed by atoms with E-state index in [9.17, 15) is 15.0 Å². The number of aryl methyl sites for hydroxylation is 1. The van der Waals surface area contributed by atoms with Crippen LogP contribution in [0.15, 0.2) is 18.2 Å². The molecule has 0 unspecified atom stereocenters. The van der Waals surface area contributed by atoms with Gasteiger partial charge in [-0.3, -0.25) is 4.79 Å². The molecule has 4 nitrogen and oxygen atoms in total. The monoisotopic (exact) mass is 323 g/mol. The first-order valence-electron chi connectivity index (χ1n) is 7.96. The molecule has 1 aromatic carbocycles. The van der Waals surface area contributed by atoms with Crippen LogP contribution in [0.4, 0.5) is 0 Å². The molecule has 1 aromatic rings. The number of phenolic OH excluding ortho intramolecular Hbond substituents is 1. The standard InChI is InChI=1S/C17H22ClNO3/c18-14-7-10(1-5-15(14)21)2-6-16(22)19-17-12-4-3-11(8-12)13(17)9-20/h1,5,7,11-13,17,20-21H,2-4,6,8-9H2,(H,19,22)/t11-,12-,13+,17-/m0/s1. The van der Waals surface area contributed by atoms with Crippen molar-refractivity contribution in [1.82, 2.24) is 5.32 Å². The lowest BCUT2D eigenvalue weighted by atomic mass is 9.85. The maximum absolute atomic E-state index is 12.2. The Kier molecular flexibility index (Phi) is 4.59. The lowest BCUT2D eigenvalue weighted by Crippen LogP contribution is -2.45. The summed E-state index contributed by atoms with van der Waals surface area (Å²) in [5.74, 6) is 1.43. The maximum Gasteiger partial charge on any atom is 0.220 e. The van der Waals surface area contributed by atoms with Crippen LogP contribution in [0.2, 0.25) is 5.02 Å². The fourth-order valence-electron chi connectivity index (χ4n) is 4.12. The van der Waals surface area contributed by atoms with E-state index in [2.05, 4.69) is 5.32 Å². The van der Waals surface area contributed by atoms with Crippen LogP contribution in [0.5, 0.6) is 5.75 Å². The molecule has 0 aromatic heterocycles. The molecule has 3 rings (SSSR count). The molecule has 1 amide bonds. The van der Waals surface area contributed by atoms with E-state index in [1.54, 1.807) is 18.2 Å². The van der Waals surface area contributed by atoms with Gasteiger partial charge in [0.15, 0.2) is 0 Å². The van der Waals surface area contributed by atoms with Gasteiger partial charge in [-0.05, 0) is 55.2 Å². The highest BCUT2D eigenvalue weighted by molar-refractivity contribution is 6.32. The quantitative estimate of drug-likeness (QED) is 0.779. The molecule has 2 aliphatic carbocycles. The zero-order chi connectivity index (χ0) is 15.7. The van der Waals surface area contributed by atoms with E-state index in [1.807, 2.05) is 0 Å². The Morgan fingerprint density at radius 3 is 2.82 bits per heavy atom. The Bertz CT molecular complexity index is 563. The predicted octanol–water partition coefficient (Wildman–Crippen LogP) is 2.50. The van der Waals surface area contributed by atoms with E-state index in [0.717, 1.165) is 12.0 Å². The van der Waals surface area contributed by atoms with Gasteiger partial charge in [-0.15, -0.1) is 0 Å². The van der Waals surface area contributed by atoms with Gasteiger partial charge in [-0.2, -0.15) is 0 Å². The van der Waals surface area contributed by atoms with Crippen molar-refractivity contribution in [2.75, 3.05) is 6.61 Å². The summed E-state index contributed by atoms with van der Waals surface area (Å²) < 4.78 is 0. The zero-order valence-electron chi connectivity index (χ0n) is 12.5. The van der Waals surface area contributed by atoms with Gasteiger partial charge in [0.05, 0.1) is 5.02 Å². The fourth-order valence-corrected chi connectivity index (χ4v) is 4.32. The van der Waals surface area contributed by atoms with Crippen molar-refractivity contribution in [1.29, 1.82) is 0 Å². The van der Waals surface area contributed by atoms with Crippen molar-refractivity contribution in [2.45, 2.75) is 38.1 Å². The Balaban J connectivity index is 1.53. The second-order valence-electron chi connectivity index (χ2n) is 6.56. The number of hydrogen-bond acceptors (Lipinski definition) is 3. The van der Waals surface area contributed by atoms with Gasteiger partial charge in [-0.1, -0.05) is 17.7 Å². The van der Waals surface area contributed by atoms with Crippen LogP contribution in [0.25, 0.3) is 0 Å². The molecule has 2 fully saturated rings. The molecule has 4 atom stereocenters. The van der Waals surface area contributed by atoms with Crippen molar-refractivity contribution < 1.29 is 15.0 Å². The minimum Gasteiger partial charge on any atom is -0.506 e. The molecule has 0 spiro atoms. The molecule has 22 heavy (non-hydrogen) atoms. The Morgan fingerprint density at radius 2 is 2.09 bits per heavy atom. The first kappa shape index (κ1) is 15.6. The van der Waals surface area contributed by atoms with E-state index in [4.69, 9.17) is 11.6 Å². The van der Waals surface area contributed by atoms with Crippen molar-refractivity contribution in [3.8, 4) is 5.75 Å². The number of hydrogen-bond donors (Lipinski definition) is 3. The highest BCUT2D eigenvalue weighted by atomic mass is 35.5. The first-order valence-corrected chi connectivity index (χ1v) is 8.34.